The van der Waals surface area contributed by atoms with Crippen LogP contribution in [0.5, 0.6) is 0 Å². The van der Waals surface area contributed by atoms with Gasteiger partial charge in [0.2, 0.25) is 0 Å². The summed E-state index contributed by atoms with van der Waals surface area (Å²) in [5.74, 6) is 0. The van der Waals surface area contributed by atoms with Crippen LogP contribution in [-0.4, -0.2) is 21.0 Å². The standard InChI is InChI=1S/C14H20N2OS/c1-3-11-8-12(16(4-2)15-11)9-13(17)10-14-6-5-7-18-14/h5-8,13,17H,3-4,9-10H2,1-2H3. The highest BCUT2D eigenvalue weighted by Crippen LogP contribution is 2.15. The van der Waals surface area contributed by atoms with Crippen molar-refractivity contribution in [2.45, 2.75) is 45.8 Å². The van der Waals surface area contributed by atoms with Gasteiger partial charge in [0.15, 0.2) is 0 Å². The lowest BCUT2D eigenvalue weighted by Gasteiger charge is -2.10. The molecule has 0 bridgehead atoms. The van der Waals surface area contributed by atoms with Crippen molar-refractivity contribution in [3.8, 4) is 0 Å². The van der Waals surface area contributed by atoms with Crippen LogP contribution in [0.1, 0.15) is 30.1 Å². The lowest BCUT2D eigenvalue weighted by molar-refractivity contribution is 0.173. The number of nitrogens with zero attached hydrogens (tertiary/aromatic N) is 2. The number of aromatic nitrogens is 2. The first-order chi connectivity index (χ1) is 8.72. The number of thiophene rings is 1. The maximum absolute atomic E-state index is 10.1. The predicted molar refractivity (Wildman–Crippen MR) is 75.0 cm³/mol. The number of hydrogen-bond donors (Lipinski definition) is 1. The van der Waals surface area contributed by atoms with Gasteiger partial charge >= 0.3 is 0 Å². The van der Waals surface area contributed by atoms with Crippen molar-refractivity contribution in [3.63, 3.8) is 0 Å². The van der Waals surface area contributed by atoms with Crippen LogP contribution >= 0.6 is 11.3 Å². The minimum atomic E-state index is -0.324. The Kier molecular flexibility index (Phi) is 4.55. The summed E-state index contributed by atoms with van der Waals surface area (Å²) in [5.41, 5.74) is 2.24. The van der Waals surface area contributed by atoms with Gasteiger partial charge in [0.25, 0.3) is 0 Å². The molecule has 0 aromatic carbocycles. The molecule has 4 heteroatoms. The van der Waals surface area contributed by atoms with Crippen LogP contribution in [0.3, 0.4) is 0 Å². The van der Waals surface area contributed by atoms with Crippen LogP contribution in [0, 0.1) is 0 Å². The summed E-state index contributed by atoms with van der Waals surface area (Å²) in [6.07, 6.45) is 2.03. The molecule has 2 aromatic heterocycles. The maximum Gasteiger partial charge on any atom is 0.0643 e. The molecule has 1 N–H and O–H groups in total. The normalized spacial score (nSPS) is 12.8. The van der Waals surface area contributed by atoms with Crippen LogP contribution in [0.4, 0.5) is 0 Å². The summed E-state index contributed by atoms with van der Waals surface area (Å²) in [4.78, 5) is 1.24. The third-order valence-electron chi connectivity index (χ3n) is 3.04. The lowest BCUT2D eigenvalue weighted by atomic mass is 10.1. The van der Waals surface area contributed by atoms with E-state index in [1.807, 2.05) is 16.1 Å². The first kappa shape index (κ1) is 13.3. The fraction of sp³-hybridized carbons (Fsp3) is 0.500. The van der Waals surface area contributed by atoms with Crippen LogP contribution in [-0.2, 0) is 25.8 Å². The van der Waals surface area contributed by atoms with E-state index in [2.05, 4.69) is 31.1 Å². The average Bonchev–Trinajstić information content (AvgIpc) is 2.98. The minimum absolute atomic E-state index is 0.324. The number of rotatable bonds is 6. The monoisotopic (exact) mass is 264 g/mol. The summed E-state index contributed by atoms with van der Waals surface area (Å²) < 4.78 is 2.00. The minimum Gasteiger partial charge on any atom is -0.392 e. The zero-order valence-corrected chi connectivity index (χ0v) is 11.8. The van der Waals surface area contributed by atoms with Gasteiger partial charge in [-0.2, -0.15) is 5.10 Å². The molecule has 2 rings (SSSR count). The third-order valence-corrected chi connectivity index (χ3v) is 3.94. The van der Waals surface area contributed by atoms with Crippen LogP contribution in [0.25, 0.3) is 0 Å². The van der Waals surface area contributed by atoms with Crippen molar-refractivity contribution in [1.29, 1.82) is 0 Å². The Bertz CT molecular complexity index is 476. The third kappa shape index (κ3) is 3.21. The second kappa shape index (κ2) is 6.16. The molecule has 0 fully saturated rings. The summed E-state index contributed by atoms with van der Waals surface area (Å²) in [5, 5.41) is 16.7. The maximum atomic E-state index is 10.1. The summed E-state index contributed by atoms with van der Waals surface area (Å²) >= 11 is 1.70. The molecule has 0 amide bonds. The quantitative estimate of drug-likeness (QED) is 0.871. The number of aliphatic hydroxyl groups is 1. The molecular weight excluding hydrogens is 244 g/mol. The van der Waals surface area contributed by atoms with Crippen molar-refractivity contribution in [1.82, 2.24) is 9.78 Å². The Morgan fingerprint density at radius 2 is 2.22 bits per heavy atom. The lowest BCUT2D eigenvalue weighted by Crippen LogP contribution is -2.16. The summed E-state index contributed by atoms with van der Waals surface area (Å²) in [7, 11) is 0. The van der Waals surface area contributed by atoms with Crippen LogP contribution in [0.2, 0.25) is 0 Å². The van der Waals surface area contributed by atoms with Gasteiger partial charge in [0, 0.05) is 30.0 Å². The molecule has 2 heterocycles. The Morgan fingerprint density at radius 3 is 2.83 bits per heavy atom. The molecule has 18 heavy (non-hydrogen) atoms. The molecule has 0 radical (unpaired) electrons. The average molecular weight is 264 g/mol. The second-order valence-electron chi connectivity index (χ2n) is 4.44. The molecular formula is C14H20N2OS. The van der Waals surface area contributed by atoms with Gasteiger partial charge in [-0.05, 0) is 30.9 Å². The largest absolute Gasteiger partial charge is 0.392 e. The van der Waals surface area contributed by atoms with Crippen LogP contribution < -0.4 is 0 Å². The molecule has 0 aliphatic heterocycles. The van der Waals surface area contributed by atoms with Crippen molar-refractivity contribution < 1.29 is 5.11 Å². The smallest absolute Gasteiger partial charge is 0.0643 e. The molecule has 0 aliphatic rings. The van der Waals surface area contributed by atoms with Gasteiger partial charge in [0.1, 0.15) is 0 Å². The number of aryl methyl sites for hydroxylation is 2. The second-order valence-corrected chi connectivity index (χ2v) is 5.47. The van der Waals surface area contributed by atoms with Crippen molar-refractivity contribution in [2.75, 3.05) is 0 Å². The van der Waals surface area contributed by atoms with Gasteiger partial charge < -0.3 is 5.11 Å². The zero-order valence-electron chi connectivity index (χ0n) is 11.0. The van der Waals surface area contributed by atoms with Gasteiger partial charge in [-0.1, -0.05) is 13.0 Å². The van der Waals surface area contributed by atoms with Gasteiger partial charge in [0.05, 0.1) is 11.8 Å². The van der Waals surface area contributed by atoms with E-state index < -0.39 is 0 Å². The van der Waals surface area contributed by atoms with Gasteiger partial charge in [-0.15, -0.1) is 11.3 Å². The van der Waals surface area contributed by atoms with E-state index in [0.29, 0.717) is 6.42 Å². The van der Waals surface area contributed by atoms with Crippen molar-refractivity contribution in [3.05, 3.63) is 39.8 Å². The van der Waals surface area contributed by atoms with E-state index >= 15 is 0 Å². The SMILES string of the molecule is CCc1cc(CC(O)Cc2cccs2)n(CC)n1. The highest BCUT2D eigenvalue weighted by atomic mass is 32.1. The molecule has 1 unspecified atom stereocenters. The fourth-order valence-electron chi connectivity index (χ4n) is 2.10. The predicted octanol–water partition coefficient (Wildman–Crippen LogP) is 2.67. The fourth-order valence-corrected chi connectivity index (χ4v) is 2.88. The van der Waals surface area contributed by atoms with Gasteiger partial charge in [-0.3, -0.25) is 4.68 Å². The number of hydrogen-bond acceptors (Lipinski definition) is 3. The van der Waals surface area contributed by atoms with Crippen LogP contribution in [0.15, 0.2) is 23.6 Å². The van der Waals surface area contributed by atoms with Gasteiger partial charge in [-0.25, -0.2) is 0 Å². The van der Waals surface area contributed by atoms with Crippen molar-refractivity contribution in [2.24, 2.45) is 0 Å². The van der Waals surface area contributed by atoms with E-state index in [1.165, 1.54) is 4.88 Å². The molecule has 3 nitrogen and oxygen atoms in total. The Morgan fingerprint density at radius 1 is 1.39 bits per heavy atom. The van der Waals surface area contributed by atoms with E-state index in [0.717, 1.165) is 30.8 Å². The highest BCUT2D eigenvalue weighted by molar-refractivity contribution is 7.09. The van der Waals surface area contributed by atoms with E-state index in [9.17, 15) is 5.11 Å². The highest BCUT2D eigenvalue weighted by Gasteiger charge is 2.12. The summed E-state index contributed by atoms with van der Waals surface area (Å²) in [6, 6.07) is 6.21. The molecule has 0 saturated carbocycles. The molecule has 0 aliphatic carbocycles. The van der Waals surface area contributed by atoms with E-state index in [1.54, 1.807) is 11.3 Å². The van der Waals surface area contributed by atoms with E-state index in [-0.39, 0.29) is 6.10 Å². The Labute approximate surface area is 112 Å². The molecule has 0 spiro atoms. The van der Waals surface area contributed by atoms with E-state index in [4.69, 9.17) is 0 Å². The topological polar surface area (TPSA) is 38.0 Å². The first-order valence-electron chi connectivity index (χ1n) is 6.49. The first-order valence-corrected chi connectivity index (χ1v) is 7.37. The molecule has 1 atom stereocenters. The Hall–Kier alpha value is -1.13. The molecule has 2 aromatic rings. The summed E-state index contributed by atoms with van der Waals surface area (Å²) in [6.45, 7) is 5.05. The molecule has 0 saturated heterocycles. The molecule has 98 valence electrons. The zero-order chi connectivity index (χ0) is 13.0. The van der Waals surface area contributed by atoms with Crippen molar-refractivity contribution >= 4 is 11.3 Å². The Balaban J connectivity index is 2.01. The number of aliphatic hydroxyl groups excluding tert-OH is 1.